The van der Waals surface area contributed by atoms with Crippen LogP contribution in [-0.2, 0) is 27.4 Å². The number of hydrogen-bond donors (Lipinski definition) is 0. The van der Waals surface area contributed by atoms with E-state index in [9.17, 15) is 9.59 Å². The van der Waals surface area contributed by atoms with Gasteiger partial charge >= 0.3 is 5.97 Å². The van der Waals surface area contributed by atoms with Gasteiger partial charge in [-0.1, -0.05) is 73.5 Å². The normalized spacial score (nSPS) is 21.7. The maximum atomic E-state index is 13.1. The molecule has 3 atom stereocenters. The molecule has 2 aliphatic rings. The van der Waals surface area contributed by atoms with E-state index in [4.69, 9.17) is 4.74 Å². The van der Waals surface area contributed by atoms with E-state index in [-0.39, 0.29) is 24.9 Å². The molecule has 4 rings (SSSR count). The van der Waals surface area contributed by atoms with Gasteiger partial charge in [0.25, 0.3) is 0 Å². The molecule has 2 fully saturated rings. The largest absolute Gasteiger partial charge is 0.461 e. The van der Waals surface area contributed by atoms with E-state index in [2.05, 4.69) is 0 Å². The number of fused-ring (bicyclic) bond motifs is 1. The average molecular weight is 406 g/mol. The molecule has 0 radical (unpaired) electrons. The molecule has 4 nitrogen and oxygen atoms in total. The number of carbonyl (C=O) groups excluding carboxylic acids is 2. The Balaban J connectivity index is 1.40. The second-order valence-electron chi connectivity index (χ2n) is 8.79. The van der Waals surface area contributed by atoms with Crippen molar-refractivity contribution >= 4 is 11.9 Å². The molecule has 0 N–H and O–H groups in total. The smallest absolute Gasteiger partial charge is 0.310 e. The number of rotatable bonds is 7. The van der Waals surface area contributed by atoms with Gasteiger partial charge in [0, 0.05) is 19.5 Å². The Kier molecular flexibility index (Phi) is 6.83. The number of nitrogens with zero attached hydrogens (tertiary/aromatic N) is 1. The van der Waals surface area contributed by atoms with Crippen LogP contribution < -0.4 is 0 Å². The number of carbonyl (C=O) groups is 2. The Morgan fingerprint density at radius 3 is 2.03 bits per heavy atom. The predicted molar refractivity (Wildman–Crippen MR) is 117 cm³/mol. The zero-order chi connectivity index (χ0) is 20.8. The molecule has 0 aromatic heterocycles. The summed E-state index contributed by atoms with van der Waals surface area (Å²) in [6, 6.07) is 19.6. The average Bonchev–Trinajstić information content (AvgIpc) is 3.23. The van der Waals surface area contributed by atoms with Crippen LogP contribution >= 0.6 is 0 Å². The van der Waals surface area contributed by atoms with Gasteiger partial charge in [-0.3, -0.25) is 9.59 Å². The molecule has 2 aromatic rings. The molecule has 30 heavy (non-hydrogen) atoms. The van der Waals surface area contributed by atoms with Crippen LogP contribution in [0.25, 0.3) is 0 Å². The van der Waals surface area contributed by atoms with Crippen LogP contribution in [0.15, 0.2) is 60.7 Å². The van der Waals surface area contributed by atoms with Crippen molar-refractivity contribution in [3.05, 3.63) is 71.8 Å². The first-order valence-corrected chi connectivity index (χ1v) is 11.2. The molecule has 1 saturated carbocycles. The summed E-state index contributed by atoms with van der Waals surface area (Å²) in [6.07, 6.45) is 5.79. The monoisotopic (exact) mass is 405 g/mol. The maximum Gasteiger partial charge on any atom is 0.310 e. The highest BCUT2D eigenvalue weighted by atomic mass is 16.5. The zero-order valence-corrected chi connectivity index (χ0v) is 17.5. The summed E-state index contributed by atoms with van der Waals surface area (Å²) >= 11 is 0. The number of amides is 1. The molecule has 0 bridgehead atoms. The van der Waals surface area contributed by atoms with Crippen molar-refractivity contribution in [2.45, 2.75) is 45.1 Å². The highest BCUT2D eigenvalue weighted by molar-refractivity contribution is 5.83. The summed E-state index contributed by atoms with van der Waals surface area (Å²) in [5.41, 5.74) is 2.02. The molecular weight excluding hydrogens is 374 g/mol. The minimum absolute atomic E-state index is 0.0991. The Morgan fingerprint density at radius 2 is 1.43 bits per heavy atom. The van der Waals surface area contributed by atoms with Crippen LogP contribution in [0.4, 0.5) is 0 Å². The van der Waals surface area contributed by atoms with Gasteiger partial charge in [-0.05, 0) is 42.2 Å². The lowest BCUT2D eigenvalue weighted by atomic mass is 9.82. The SMILES string of the molecule is O=C(OCc1ccccc1)[C@H](CC(=O)N1CC2CCCCC2C1)Cc1ccccc1. The lowest BCUT2D eigenvalue weighted by molar-refractivity contribution is -0.152. The molecule has 1 amide bonds. The van der Waals surface area contributed by atoms with Gasteiger partial charge in [0.15, 0.2) is 0 Å². The molecule has 1 aliphatic heterocycles. The summed E-state index contributed by atoms with van der Waals surface area (Å²) in [5, 5.41) is 0. The third-order valence-electron chi connectivity index (χ3n) is 6.63. The standard InChI is InChI=1S/C26H31NO3/c28-25(27-17-22-13-7-8-14-23(22)18-27)16-24(15-20-9-3-1-4-10-20)26(29)30-19-21-11-5-2-6-12-21/h1-6,9-12,22-24H,7-8,13-19H2/t22?,23?,24-/m0/s1. The summed E-state index contributed by atoms with van der Waals surface area (Å²) < 4.78 is 5.61. The first kappa shape index (κ1) is 20.6. The van der Waals surface area contributed by atoms with Crippen LogP contribution in [0.2, 0.25) is 0 Å². The molecule has 0 spiro atoms. The highest BCUT2D eigenvalue weighted by Crippen LogP contribution is 2.36. The van der Waals surface area contributed by atoms with Crippen LogP contribution in [0.3, 0.4) is 0 Å². The van der Waals surface area contributed by atoms with Crippen molar-refractivity contribution in [3.8, 4) is 0 Å². The minimum atomic E-state index is -0.453. The Morgan fingerprint density at radius 1 is 0.867 bits per heavy atom. The minimum Gasteiger partial charge on any atom is -0.461 e. The first-order valence-electron chi connectivity index (χ1n) is 11.2. The van der Waals surface area contributed by atoms with Crippen LogP contribution in [0, 0.1) is 17.8 Å². The Hall–Kier alpha value is -2.62. The Labute approximate surface area is 179 Å². The number of hydrogen-bond acceptors (Lipinski definition) is 3. The van der Waals surface area contributed by atoms with Gasteiger partial charge in [-0.2, -0.15) is 0 Å². The summed E-state index contributed by atoms with van der Waals surface area (Å²) in [5.74, 6) is 0.668. The predicted octanol–water partition coefficient (Wildman–Crippen LogP) is 4.63. The van der Waals surface area contributed by atoms with Crippen molar-refractivity contribution in [3.63, 3.8) is 0 Å². The molecule has 158 valence electrons. The fourth-order valence-corrected chi connectivity index (χ4v) is 4.93. The quantitative estimate of drug-likeness (QED) is 0.631. The molecule has 2 aromatic carbocycles. The van der Waals surface area contributed by atoms with Crippen molar-refractivity contribution in [2.75, 3.05) is 13.1 Å². The Bertz CT molecular complexity index is 822. The fraction of sp³-hybridized carbons (Fsp3) is 0.462. The van der Waals surface area contributed by atoms with Gasteiger partial charge in [-0.15, -0.1) is 0 Å². The van der Waals surface area contributed by atoms with Gasteiger partial charge in [0.05, 0.1) is 5.92 Å². The van der Waals surface area contributed by atoms with Crippen LogP contribution in [0.5, 0.6) is 0 Å². The van der Waals surface area contributed by atoms with Crippen LogP contribution in [0.1, 0.15) is 43.2 Å². The number of ether oxygens (including phenoxy) is 1. The first-order chi connectivity index (χ1) is 14.7. The van der Waals surface area contributed by atoms with E-state index < -0.39 is 5.92 Å². The van der Waals surface area contributed by atoms with E-state index in [0.717, 1.165) is 24.2 Å². The van der Waals surface area contributed by atoms with E-state index in [1.54, 1.807) is 0 Å². The summed E-state index contributed by atoms with van der Waals surface area (Å²) in [6.45, 7) is 1.97. The summed E-state index contributed by atoms with van der Waals surface area (Å²) in [4.78, 5) is 28.0. The lowest BCUT2D eigenvalue weighted by Crippen LogP contribution is -2.33. The summed E-state index contributed by atoms with van der Waals surface area (Å²) in [7, 11) is 0. The maximum absolute atomic E-state index is 13.1. The van der Waals surface area contributed by atoms with Gasteiger partial charge in [0.2, 0.25) is 5.91 Å². The van der Waals surface area contributed by atoms with Gasteiger partial charge in [-0.25, -0.2) is 0 Å². The third-order valence-corrected chi connectivity index (χ3v) is 6.63. The van der Waals surface area contributed by atoms with Gasteiger partial charge in [0.1, 0.15) is 6.61 Å². The fourth-order valence-electron chi connectivity index (χ4n) is 4.93. The van der Waals surface area contributed by atoms with E-state index in [1.165, 1.54) is 25.7 Å². The molecule has 2 unspecified atom stereocenters. The van der Waals surface area contributed by atoms with Crippen LogP contribution in [-0.4, -0.2) is 29.9 Å². The van der Waals surface area contributed by atoms with Gasteiger partial charge < -0.3 is 9.64 Å². The van der Waals surface area contributed by atoms with E-state index in [1.807, 2.05) is 65.6 Å². The molecule has 4 heteroatoms. The van der Waals surface area contributed by atoms with E-state index >= 15 is 0 Å². The number of likely N-dealkylation sites (tertiary alicyclic amines) is 1. The second kappa shape index (κ2) is 9.92. The lowest BCUT2D eigenvalue weighted by Gasteiger charge is -2.22. The molecule has 1 heterocycles. The molecule has 1 aliphatic carbocycles. The number of esters is 1. The van der Waals surface area contributed by atoms with Crippen molar-refractivity contribution < 1.29 is 14.3 Å². The van der Waals surface area contributed by atoms with E-state index in [0.29, 0.717) is 18.3 Å². The molecule has 1 saturated heterocycles. The zero-order valence-electron chi connectivity index (χ0n) is 17.5. The molecular formula is C26H31NO3. The number of benzene rings is 2. The van der Waals surface area contributed by atoms with Crippen molar-refractivity contribution in [2.24, 2.45) is 17.8 Å². The van der Waals surface area contributed by atoms with Crippen molar-refractivity contribution in [1.29, 1.82) is 0 Å². The second-order valence-corrected chi connectivity index (χ2v) is 8.79. The highest BCUT2D eigenvalue weighted by Gasteiger charge is 2.37. The van der Waals surface area contributed by atoms with Crippen molar-refractivity contribution in [1.82, 2.24) is 4.90 Å². The third kappa shape index (κ3) is 5.29. The topological polar surface area (TPSA) is 46.6 Å².